The maximum absolute atomic E-state index is 13.5. The Labute approximate surface area is 235 Å². The first-order valence-corrected chi connectivity index (χ1v) is 14.9. The average Bonchev–Trinajstić information content (AvgIpc) is 2.89. The Bertz CT molecular complexity index is 669. The van der Waals surface area contributed by atoms with E-state index >= 15 is 0 Å². The van der Waals surface area contributed by atoms with Crippen molar-refractivity contribution in [2.75, 3.05) is 7.11 Å². The van der Waals surface area contributed by atoms with E-state index in [4.69, 9.17) is 0 Å². The van der Waals surface area contributed by atoms with Crippen molar-refractivity contribution in [1.29, 1.82) is 0 Å². The third-order valence-electron chi connectivity index (χ3n) is 7.04. The number of methoxy groups -OCH3 is 1. The van der Waals surface area contributed by atoms with Crippen molar-refractivity contribution in [3.63, 3.8) is 0 Å². The second kappa shape index (κ2) is 21.2. The molecule has 0 aromatic rings. The van der Waals surface area contributed by atoms with E-state index < -0.39 is 36.1 Å². The summed E-state index contributed by atoms with van der Waals surface area (Å²) in [5, 5.41) is 0. The lowest BCUT2D eigenvalue weighted by atomic mass is 10.0. The summed E-state index contributed by atoms with van der Waals surface area (Å²) >= 11 is 0. The zero-order valence-electron chi connectivity index (χ0n) is 24.2. The maximum Gasteiger partial charge on any atom is 0.460 e. The maximum atomic E-state index is 13.5. The molecule has 0 radical (unpaired) electrons. The van der Waals surface area contributed by atoms with Gasteiger partial charge in [0.05, 0.1) is 7.11 Å². The highest BCUT2D eigenvalue weighted by Gasteiger charge is 2.77. The molecule has 0 bridgehead atoms. The van der Waals surface area contributed by atoms with Crippen molar-refractivity contribution < 1.29 is 49.8 Å². The van der Waals surface area contributed by atoms with Crippen LogP contribution in [0, 0.1) is 0 Å². The van der Waals surface area contributed by atoms with Crippen LogP contribution in [0.4, 0.5) is 30.7 Å². The van der Waals surface area contributed by atoms with Gasteiger partial charge < -0.3 is 9.47 Å². The van der Waals surface area contributed by atoms with E-state index in [1.54, 1.807) is 0 Å². The molecule has 0 N–H and O–H groups in total. The van der Waals surface area contributed by atoms with Crippen LogP contribution in [0.15, 0.2) is 0 Å². The summed E-state index contributed by atoms with van der Waals surface area (Å²) in [5.41, 5.74) is 0. The van der Waals surface area contributed by atoms with E-state index in [1.807, 2.05) is 0 Å². The standard InChI is InChI=1S/C29H49F7O4/c1-3-4-5-6-7-8-9-10-11-12-13-14-15-16-17-18-19-20-21-22-23-24(25(37)39-2)40-26(38)27(30,31)28(32,33)29(34,35)36/h24H,3-23H2,1-2H3. The number of halogens is 7. The number of unbranched alkanes of at least 4 members (excludes halogenated alkanes) is 19. The first kappa shape index (κ1) is 38.5. The molecule has 0 fully saturated rings. The van der Waals surface area contributed by atoms with E-state index in [2.05, 4.69) is 16.4 Å². The number of carbonyl (C=O) groups is 2. The predicted molar refractivity (Wildman–Crippen MR) is 140 cm³/mol. The Morgan fingerprint density at radius 1 is 0.575 bits per heavy atom. The lowest BCUT2D eigenvalue weighted by Crippen LogP contribution is -2.57. The van der Waals surface area contributed by atoms with E-state index in [0.717, 1.165) is 39.2 Å². The van der Waals surface area contributed by atoms with Crippen molar-refractivity contribution in [2.45, 2.75) is 166 Å². The molecule has 4 nitrogen and oxygen atoms in total. The van der Waals surface area contributed by atoms with Gasteiger partial charge in [-0.2, -0.15) is 30.7 Å². The second-order valence-corrected chi connectivity index (χ2v) is 10.6. The summed E-state index contributed by atoms with van der Waals surface area (Å²) in [6.45, 7) is 2.23. The summed E-state index contributed by atoms with van der Waals surface area (Å²) in [4.78, 5) is 23.1. The molecule has 40 heavy (non-hydrogen) atoms. The molecule has 0 aliphatic carbocycles. The van der Waals surface area contributed by atoms with Gasteiger partial charge in [-0.3, -0.25) is 0 Å². The molecule has 0 rings (SSSR count). The van der Waals surface area contributed by atoms with Gasteiger partial charge in [0.1, 0.15) is 0 Å². The third-order valence-corrected chi connectivity index (χ3v) is 7.04. The van der Waals surface area contributed by atoms with Gasteiger partial charge >= 0.3 is 30.0 Å². The number of carbonyl (C=O) groups excluding carboxylic acids is 2. The Kier molecular flexibility index (Phi) is 20.4. The quantitative estimate of drug-likeness (QED) is 0.0600. The molecule has 0 aromatic heterocycles. The predicted octanol–water partition coefficient (Wildman–Crippen LogP) is 10.1. The number of rotatable bonds is 25. The van der Waals surface area contributed by atoms with Crippen molar-refractivity contribution >= 4 is 11.9 Å². The Hall–Kier alpha value is -1.55. The summed E-state index contributed by atoms with van der Waals surface area (Å²) in [5.74, 6) is -17.3. The van der Waals surface area contributed by atoms with Gasteiger partial charge in [-0.15, -0.1) is 0 Å². The van der Waals surface area contributed by atoms with Crippen LogP contribution in [0.2, 0.25) is 0 Å². The van der Waals surface area contributed by atoms with E-state index in [-0.39, 0.29) is 12.8 Å². The minimum absolute atomic E-state index is 0.215. The molecule has 0 spiro atoms. The fourth-order valence-electron chi connectivity index (χ4n) is 4.45. The van der Waals surface area contributed by atoms with E-state index in [1.165, 1.54) is 83.5 Å². The average molecular weight is 595 g/mol. The molecule has 0 heterocycles. The molecule has 0 amide bonds. The van der Waals surface area contributed by atoms with Crippen LogP contribution in [0.25, 0.3) is 0 Å². The number of hydrogen-bond donors (Lipinski definition) is 0. The van der Waals surface area contributed by atoms with Crippen LogP contribution in [0.1, 0.15) is 142 Å². The van der Waals surface area contributed by atoms with Gasteiger partial charge in [0, 0.05) is 0 Å². The monoisotopic (exact) mass is 594 g/mol. The number of hydrogen-bond acceptors (Lipinski definition) is 4. The normalized spacial score (nSPS) is 13.3. The molecule has 0 aliphatic heterocycles. The molecule has 0 saturated carbocycles. The van der Waals surface area contributed by atoms with Crippen LogP contribution in [-0.4, -0.2) is 43.2 Å². The summed E-state index contributed by atoms with van der Waals surface area (Å²) in [6.07, 6.45) is 13.7. The van der Waals surface area contributed by atoms with Gasteiger partial charge in [-0.25, -0.2) is 9.59 Å². The molecule has 0 aromatic carbocycles. The molecule has 11 heteroatoms. The second-order valence-electron chi connectivity index (χ2n) is 10.6. The van der Waals surface area contributed by atoms with Crippen LogP contribution in [-0.2, 0) is 19.1 Å². The van der Waals surface area contributed by atoms with Gasteiger partial charge in [-0.05, 0) is 12.8 Å². The highest BCUT2D eigenvalue weighted by atomic mass is 19.4. The molecule has 0 aliphatic rings. The minimum atomic E-state index is -6.68. The highest BCUT2D eigenvalue weighted by molar-refractivity contribution is 5.83. The molecule has 1 unspecified atom stereocenters. The minimum Gasteiger partial charge on any atom is -0.466 e. The van der Waals surface area contributed by atoms with Crippen LogP contribution < -0.4 is 0 Å². The molecule has 0 saturated heterocycles. The zero-order valence-corrected chi connectivity index (χ0v) is 24.2. The fourth-order valence-corrected chi connectivity index (χ4v) is 4.45. The summed E-state index contributed by atoms with van der Waals surface area (Å²) in [7, 11) is 0.850. The molecular formula is C29H49F7O4. The van der Waals surface area contributed by atoms with Crippen molar-refractivity contribution in [2.24, 2.45) is 0 Å². The topological polar surface area (TPSA) is 52.6 Å². The SMILES string of the molecule is CCCCCCCCCCCCCCCCCCCCCCC(OC(=O)C(F)(F)C(F)(F)C(F)(F)F)C(=O)OC. The lowest BCUT2D eigenvalue weighted by Gasteiger charge is -2.27. The van der Waals surface area contributed by atoms with Gasteiger partial charge in [-0.1, -0.05) is 129 Å². The number of ether oxygens (including phenoxy) is 2. The van der Waals surface area contributed by atoms with E-state index in [0.29, 0.717) is 6.42 Å². The van der Waals surface area contributed by atoms with Crippen molar-refractivity contribution in [3.05, 3.63) is 0 Å². The first-order chi connectivity index (χ1) is 18.8. The van der Waals surface area contributed by atoms with Gasteiger partial charge in [0.25, 0.3) is 0 Å². The highest BCUT2D eigenvalue weighted by Crippen LogP contribution is 2.47. The molecular weight excluding hydrogens is 545 g/mol. The fraction of sp³-hybridized carbons (Fsp3) is 0.931. The number of esters is 2. The van der Waals surface area contributed by atoms with Crippen LogP contribution in [0.3, 0.4) is 0 Å². The molecule has 1 atom stereocenters. The van der Waals surface area contributed by atoms with Crippen molar-refractivity contribution in [3.8, 4) is 0 Å². The zero-order chi connectivity index (χ0) is 30.5. The largest absolute Gasteiger partial charge is 0.466 e. The molecule has 238 valence electrons. The first-order valence-electron chi connectivity index (χ1n) is 14.9. The smallest absolute Gasteiger partial charge is 0.460 e. The summed E-state index contributed by atoms with van der Waals surface area (Å²) in [6, 6.07) is 0. The van der Waals surface area contributed by atoms with E-state index in [9.17, 15) is 40.3 Å². The lowest BCUT2D eigenvalue weighted by molar-refractivity contribution is -0.349. The summed E-state index contributed by atoms with van der Waals surface area (Å²) < 4.78 is 98.3. The van der Waals surface area contributed by atoms with Gasteiger partial charge in [0.15, 0.2) is 6.10 Å². The van der Waals surface area contributed by atoms with Crippen molar-refractivity contribution in [1.82, 2.24) is 0 Å². The number of alkyl halides is 7. The van der Waals surface area contributed by atoms with Crippen LogP contribution in [0.5, 0.6) is 0 Å². The van der Waals surface area contributed by atoms with Crippen LogP contribution >= 0.6 is 0 Å². The Morgan fingerprint density at radius 2 is 0.900 bits per heavy atom. The van der Waals surface area contributed by atoms with Gasteiger partial charge in [0.2, 0.25) is 0 Å². The Morgan fingerprint density at radius 3 is 1.20 bits per heavy atom. The third kappa shape index (κ3) is 15.5. The Balaban J connectivity index is 3.93.